The normalized spacial score (nSPS) is 22.2. The van der Waals surface area contributed by atoms with Gasteiger partial charge in [-0.1, -0.05) is 17.7 Å². The molecule has 17 heavy (non-hydrogen) atoms. The molecule has 1 aromatic carbocycles. The summed E-state index contributed by atoms with van der Waals surface area (Å²) >= 11 is 0. The molecule has 2 N–H and O–H groups in total. The number of benzene rings is 1. The minimum absolute atomic E-state index is 0.186. The van der Waals surface area contributed by atoms with Crippen LogP contribution in [0.25, 0.3) is 0 Å². The van der Waals surface area contributed by atoms with E-state index in [0.717, 1.165) is 11.1 Å². The third kappa shape index (κ3) is 1.74. The summed E-state index contributed by atoms with van der Waals surface area (Å²) in [7, 11) is 0. The van der Waals surface area contributed by atoms with Gasteiger partial charge < -0.3 is 10.4 Å². The molecule has 0 saturated heterocycles. The highest BCUT2D eigenvalue weighted by Crippen LogP contribution is 2.40. The van der Waals surface area contributed by atoms with Crippen molar-refractivity contribution in [2.24, 2.45) is 0 Å². The maximum absolute atomic E-state index is 11.8. The first-order valence-corrected chi connectivity index (χ1v) is 5.49. The van der Waals surface area contributed by atoms with Gasteiger partial charge in [0.05, 0.1) is 5.69 Å². The maximum atomic E-state index is 11.8. The Labute approximate surface area is 99.6 Å². The minimum atomic E-state index is -1.71. The number of anilines is 1. The first kappa shape index (κ1) is 11.8. The van der Waals surface area contributed by atoms with Gasteiger partial charge in [-0.25, -0.2) is 0 Å². The van der Waals surface area contributed by atoms with Crippen LogP contribution in [-0.2, 0) is 15.2 Å². The number of carbonyl (C=O) groups excluding carboxylic acids is 2. The van der Waals surface area contributed by atoms with Crippen molar-refractivity contribution in [2.75, 3.05) is 5.32 Å². The lowest BCUT2D eigenvalue weighted by molar-refractivity contribution is -0.139. The van der Waals surface area contributed by atoms with Gasteiger partial charge in [-0.15, -0.1) is 0 Å². The van der Waals surface area contributed by atoms with Crippen molar-refractivity contribution in [2.45, 2.75) is 32.8 Å². The number of hydrogen-bond acceptors (Lipinski definition) is 3. The van der Waals surface area contributed by atoms with Crippen LogP contribution in [0.1, 0.15) is 30.0 Å². The van der Waals surface area contributed by atoms with Gasteiger partial charge in [-0.05, 0) is 26.3 Å². The van der Waals surface area contributed by atoms with E-state index in [9.17, 15) is 14.7 Å². The number of rotatable bonds is 2. The molecule has 0 aromatic heterocycles. The molecule has 1 atom stereocenters. The number of carbonyl (C=O) groups is 2. The summed E-state index contributed by atoms with van der Waals surface area (Å²) < 4.78 is 0. The van der Waals surface area contributed by atoms with Crippen molar-refractivity contribution >= 4 is 17.4 Å². The molecule has 4 nitrogen and oxygen atoms in total. The number of aryl methyl sites for hydroxylation is 2. The van der Waals surface area contributed by atoms with E-state index in [1.165, 1.54) is 6.92 Å². The van der Waals surface area contributed by atoms with Crippen LogP contribution in [0, 0.1) is 13.8 Å². The fraction of sp³-hybridized carbons (Fsp3) is 0.385. The zero-order chi connectivity index (χ0) is 12.8. The summed E-state index contributed by atoms with van der Waals surface area (Å²) in [6.45, 7) is 5.13. The number of hydrogen-bond donors (Lipinski definition) is 2. The van der Waals surface area contributed by atoms with E-state index in [-0.39, 0.29) is 12.2 Å². The molecule has 1 heterocycles. The van der Waals surface area contributed by atoms with E-state index >= 15 is 0 Å². The Kier molecular flexibility index (Phi) is 2.54. The molecule has 4 heteroatoms. The summed E-state index contributed by atoms with van der Waals surface area (Å²) in [6, 6.07) is 3.68. The third-order valence-corrected chi connectivity index (χ3v) is 3.04. The van der Waals surface area contributed by atoms with Crippen molar-refractivity contribution in [1.82, 2.24) is 0 Å². The number of fused-ring (bicyclic) bond motifs is 1. The number of ketones is 1. The molecule has 1 amide bonds. The zero-order valence-corrected chi connectivity index (χ0v) is 10.1. The summed E-state index contributed by atoms with van der Waals surface area (Å²) in [6.07, 6.45) is -0.186. The van der Waals surface area contributed by atoms with Crippen molar-refractivity contribution in [1.29, 1.82) is 0 Å². The Morgan fingerprint density at radius 2 is 2.06 bits per heavy atom. The topological polar surface area (TPSA) is 66.4 Å². The Balaban J connectivity index is 2.60. The molecule has 1 aliphatic heterocycles. The SMILES string of the molecule is CC(=O)CC1(O)C(=O)Nc2c(C)cc(C)cc21. The van der Waals surface area contributed by atoms with Crippen LogP contribution in [0.4, 0.5) is 5.69 Å². The highest BCUT2D eigenvalue weighted by molar-refractivity contribution is 6.07. The third-order valence-electron chi connectivity index (χ3n) is 3.04. The maximum Gasteiger partial charge on any atom is 0.261 e. The second-order valence-electron chi connectivity index (χ2n) is 4.70. The van der Waals surface area contributed by atoms with Gasteiger partial charge in [0.25, 0.3) is 5.91 Å². The van der Waals surface area contributed by atoms with E-state index in [1.54, 1.807) is 6.07 Å². The van der Waals surface area contributed by atoms with Crippen LogP contribution < -0.4 is 5.32 Å². The molecule has 1 aliphatic rings. The molecule has 0 aliphatic carbocycles. The van der Waals surface area contributed by atoms with Crippen molar-refractivity contribution in [3.05, 3.63) is 28.8 Å². The van der Waals surface area contributed by atoms with E-state index in [2.05, 4.69) is 5.32 Å². The van der Waals surface area contributed by atoms with E-state index in [1.807, 2.05) is 19.9 Å². The molecule has 0 radical (unpaired) electrons. The molecule has 1 aromatic rings. The fourth-order valence-electron chi connectivity index (χ4n) is 2.33. The Morgan fingerprint density at radius 3 is 2.65 bits per heavy atom. The molecular formula is C13H15NO3. The van der Waals surface area contributed by atoms with Gasteiger partial charge in [0.15, 0.2) is 5.60 Å². The molecule has 0 bridgehead atoms. The average molecular weight is 233 g/mol. The van der Waals surface area contributed by atoms with E-state index < -0.39 is 11.5 Å². The number of amides is 1. The van der Waals surface area contributed by atoms with E-state index in [0.29, 0.717) is 11.3 Å². The predicted octanol–water partition coefficient (Wildman–Crippen LogP) is 1.42. The second-order valence-corrected chi connectivity index (χ2v) is 4.70. The van der Waals surface area contributed by atoms with Crippen LogP contribution in [0.3, 0.4) is 0 Å². The smallest absolute Gasteiger partial charge is 0.261 e. The van der Waals surface area contributed by atoms with Crippen molar-refractivity contribution in [3.63, 3.8) is 0 Å². The molecule has 90 valence electrons. The Morgan fingerprint density at radius 1 is 1.41 bits per heavy atom. The summed E-state index contributed by atoms with van der Waals surface area (Å²) in [5, 5.41) is 13.0. The first-order chi connectivity index (χ1) is 7.84. The number of aliphatic hydroxyl groups is 1. The summed E-state index contributed by atoms with van der Waals surface area (Å²) in [5.74, 6) is -0.731. The zero-order valence-electron chi connectivity index (χ0n) is 10.1. The molecule has 0 spiro atoms. The monoisotopic (exact) mass is 233 g/mol. The van der Waals surface area contributed by atoms with E-state index in [4.69, 9.17) is 0 Å². The molecular weight excluding hydrogens is 218 g/mol. The van der Waals surface area contributed by atoms with Crippen molar-refractivity contribution in [3.8, 4) is 0 Å². The molecule has 0 saturated carbocycles. The van der Waals surface area contributed by atoms with Crippen LogP contribution in [-0.4, -0.2) is 16.8 Å². The quantitative estimate of drug-likeness (QED) is 0.812. The second kappa shape index (κ2) is 3.67. The summed E-state index contributed by atoms with van der Waals surface area (Å²) in [5.41, 5.74) is 1.28. The number of nitrogens with one attached hydrogen (secondary N) is 1. The van der Waals surface area contributed by atoms with Crippen LogP contribution in [0.2, 0.25) is 0 Å². The molecule has 1 unspecified atom stereocenters. The highest BCUT2D eigenvalue weighted by Gasteiger charge is 2.46. The predicted molar refractivity (Wildman–Crippen MR) is 63.7 cm³/mol. The summed E-state index contributed by atoms with van der Waals surface area (Å²) in [4.78, 5) is 23.0. The lowest BCUT2D eigenvalue weighted by atomic mass is 9.88. The minimum Gasteiger partial charge on any atom is -0.375 e. The Bertz CT molecular complexity index is 522. The van der Waals surface area contributed by atoms with Gasteiger partial charge in [0.1, 0.15) is 5.78 Å². The lowest BCUT2D eigenvalue weighted by Crippen LogP contribution is -2.36. The lowest BCUT2D eigenvalue weighted by Gasteiger charge is -2.19. The fourth-order valence-corrected chi connectivity index (χ4v) is 2.33. The average Bonchev–Trinajstić information content (AvgIpc) is 2.41. The first-order valence-electron chi connectivity index (χ1n) is 5.49. The van der Waals surface area contributed by atoms with Gasteiger partial charge in [-0.3, -0.25) is 9.59 Å². The standard InChI is InChI=1S/C13H15NO3/c1-7-4-8(2)11-10(5-7)13(17,6-9(3)15)12(16)14-11/h4-5,17H,6H2,1-3H3,(H,14,16). The van der Waals surface area contributed by atoms with Crippen molar-refractivity contribution < 1.29 is 14.7 Å². The van der Waals surface area contributed by atoms with Gasteiger partial charge >= 0.3 is 0 Å². The molecule has 0 fully saturated rings. The van der Waals surface area contributed by atoms with Crippen LogP contribution in [0.15, 0.2) is 12.1 Å². The van der Waals surface area contributed by atoms with Crippen LogP contribution >= 0.6 is 0 Å². The number of Topliss-reactive ketones (excluding diaryl/α,β-unsaturated/α-hetero) is 1. The molecule has 2 rings (SSSR count). The van der Waals surface area contributed by atoms with Crippen LogP contribution in [0.5, 0.6) is 0 Å². The Hall–Kier alpha value is -1.68. The largest absolute Gasteiger partial charge is 0.375 e. The highest BCUT2D eigenvalue weighted by atomic mass is 16.3. The van der Waals surface area contributed by atoms with Gasteiger partial charge in [0, 0.05) is 12.0 Å². The van der Waals surface area contributed by atoms with Gasteiger partial charge in [0.2, 0.25) is 0 Å². The van der Waals surface area contributed by atoms with Gasteiger partial charge in [-0.2, -0.15) is 0 Å².